The van der Waals surface area contributed by atoms with E-state index in [1.54, 1.807) is 6.07 Å². The number of hydrogen-bond donors (Lipinski definition) is 1. The Kier molecular flexibility index (Phi) is 3.88. The summed E-state index contributed by atoms with van der Waals surface area (Å²) >= 11 is 0. The molecule has 0 amide bonds. The summed E-state index contributed by atoms with van der Waals surface area (Å²) in [5.41, 5.74) is -0.692. The maximum Gasteiger partial charge on any atom is 0.295 e. The molecule has 2 aromatic carbocycles. The van der Waals surface area contributed by atoms with Crippen LogP contribution in [0.25, 0.3) is 0 Å². The molecule has 1 N–H and O–H groups in total. The van der Waals surface area contributed by atoms with E-state index >= 15 is 0 Å². The first-order valence-electron chi connectivity index (χ1n) is 5.59. The van der Waals surface area contributed by atoms with Crippen LogP contribution in [0.4, 0.5) is 24.5 Å². The number of rotatable bonds is 4. The summed E-state index contributed by atoms with van der Waals surface area (Å²) in [6.45, 7) is -0.0705. The van der Waals surface area contributed by atoms with Crippen LogP contribution < -0.4 is 5.32 Å². The molecule has 0 aromatic heterocycles. The third-order valence-electron chi connectivity index (χ3n) is 2.63. The third kappa shape index (κ3) is 2.87. The normalized spacial score (nSPS) is 10.3. The predicted octanol–water partition coefficient (Wildman–Crippen LogP) is 3.62. The fraction of sp³-hybridized carbons (Fsp3) is 0.0769. The van der Waals surface area contributed by atoms with Crippen LogP contribution in [0.5, 0.6) is 0 Å². The minimum atomic E-state index is -1.34. The number of anilines is 1. The number of hydrogen-bond acceptors (Lipinski definition) is 3. The SMILES string of the molecule is O=[N+]([O-])c1ccc(F)c(F)c1NCc1cccc(F)c1. The first kappa shape index (κ1) is 13.9. The summed E-state index contributed by atoms with van der Waals surface area (Å²) in [7, 11) is 0. The van der Waals surface area contributed by atoms with Gasteiger partial charge in [-0.15, -0.1) is 0 Å². The highest BCUT2D eigenvalue weighted by Crippen LogP contribution is 2.29. The van der Waals surface area contributed by atoms with E-state index in [0.717, 1.165) is 6.07 Å². The summed E-state index contributed by atoms with van der Waals surface area (Å²) in [6, 6.07) is 6.97. The Balaban J connectivity index is 2.29. The predicted molar refractivity (Wildman–Crippen MR) is 66.7 cm³/mol. The van der Waals surface area contributed by atoms with Crippen molar-refractivity contribution < 1.29 is 18.1 Å². The summed E-state index contributed by atoms with van der Waals surface area (Å²) in [5.74, 6) is -3.02. The summed E-state index contributed by atoms with van der Waals surface area (Å²) in [5, 5.41) is 13.2. The molecule has 7 heteroatoms. The average molecular weight is 282 g/mol. The van der Waals surface area contributed by atoms with E-state index in [4.69, 9.17) is 0 Å². The van der Waals surface area contributed by atoms with Crippen molar-refractivity contribution in [3.05, 3.63) is 69.5 Å². The highest BCUT2D eigenvalue weighted by molar-refractivity contribution is 5.62. The van der Waals surface area contributed by atoms with Crippen molar-refractivity contribution in [3.63, 3.8) is 0 Å². The second-order valence-electron chi connectivity index (χ2n) is 4.00. The molecule has 0 bridgehead atoms. The first-order chi connectivity index (χ1) is 9.49. The van der Waals surface area contributed by atoms with Crippen LogP contribution >= 0.6 is 0 Å². The zero-order chi connectivity index (χ0) is 14.7. The van der Waals surface area contributed by atoms with Gasteiger partial charge in [0.25, 0.3) is 5.69 Å². The van der Waals surface area contributed by atoms with Gasteiger partial charge in [-0.3, -0.25) is 10.1 Å². The summed E-state index contributed by atoms with van der Waals surface area (Å²) < 4.78 is 39.7. The molecule has 0 atom stereocenters. The maximum absolute atomic E-state index is 13.6. The van der Waals surface area contributed by atoms with Crippen LogP contribution in [-0.2, 0) is 6.54 Å². The van der Waals surface area contributed by atoms with Crippen LogP contribution in [-0.4, -0.2) is 4.92 Å². The molecule has 0 saturated carbocycles. The molecule has 0 spiro atoms. The van der Waals surface area contributed by atoms with Gasteiger partial charge in [0.15, 0.2) is 17.3 Å². The molecule has 0 radical (unpaired) electrons. The lowest BCUT2D eigenvalue weighted by molar-refractivity contribution is -0.384. The van der Waals surface area contributed by atoms with Gasteiger partial charge in [-0.05, 0) is 23.8 Å². The number of halogens is 3. The van der Waals surface area contributed by atoms with E-state index in [2.05, 4.69) is 5.32 Å². The minimum absolute atomic E-state index is 0.0705. The van der Waals surface area contributed by atoms with E-state index in [-0.39, 0.29) is 6.54 Å². The monoisotopic (exact) mass is 282 g/mol. The average Bonchev–Trinajstić information content (AvgIpc) is 2.40. The molecular weight excluding hydrogens is 273 g/mol. The van der Waals surface area contributed by atoms with Crippen LogP contribution in [0.15, 0.2) is 36.4 Å². The van der Waals surface area contributed by atoms with Gasteiger partial charge >= 0.3 is 0 Å². The fourth-order valence-electron chi connectivity index (χ4n) is 1.70. The second-order valence-corrected chi connectivity index (χ2v) is 4.00. The van der Waals surface area contributed by atoms with Gasteiger partial charge in [0.05, 0.1) is 4.92 Å². The highest BCUT2D eigenvalue weighted by Gasteiger charge is 2.21. The molecule has 2 rings (SSSR count). The topological polar surface area (TPSA) is 55.2 Å². The van der Waals surface area contributed by atoms with Crippen molar-refractivity contribution in [3.8, 4) is 0 Å². The summed E-state index contributed by atoms with van der Waals surface area (Å²) in [4.78, 5) is 9.94. The molecule has 0 aliphatic rings. The molecule has 4 nitrogen and oxygen atoms in total. The first-order valence-corrected chi connectivity index (χ1v) is 5.59. The Labute approximate surface area is 112 Å². The molecule has 0 heterocycles. The third-order valence-corrected chi connectivity index (χ3v) is 2.63. The molecule has 0 aliphatic carbocycles. The maximum atomic E-state index is 13.6. The minimum Gasteiger partial charge on any atom is -0.373 e. The molecule has 0 aliphatic heterocycles. The van der Waals surface area contributed by atoms with Gasteiger partial charge in [0, 0.05) is 12.6 Å². The number of nitro groups is 1. The molecule has 0 unspecified atom stereocenters. The zero-order valence-electron chi connectivity index (χ0n) is 10.1. The Morgan fingerprint density at radius 3 is 2.55 bits per heavy atom. The Bertz CT molecular complexity index is 662. The van der Waals surface area contributed by atoms with Gasteiger partial charge in [-0.25, -0.2) is 13.2 Å². The quantitative estimate of drug-likeness (QED) is 0.688. The Morgan fingerprint density at radius 1 is 1.15 bits per heavy atom. The Hall–Kier alpha value is -2.57. The van der Waals surface area contributed by atoms with Crippen LogP contribution in [0, 0.1) is 27.6 Å². The number of nitrogens with one attached hydrogen (secondary N) is 1. The van der Waals surface area contributed by atoms with Gasteiger partial charge in [0.1, 0.15) is 5.82 Å². The number of benzene rings is 2. The lowest BCUT2D eigenvalue weighted by Crippen LogP contribution is -2.06. The largest absolute Gasteiger partial charge is 0.373 e. The molecule has 0 fully saturated rings. The van der Waals surface area contributed by atoms with E-state index in [1.165, 1.54) is 18.2 Å². The smallest absolute Gasteiger partial charge is 0.295 e. The second kappa shape index (κ2) is 5.60. The van der Waals surface area contributed by atoms with Gasteiger partial charge in [-0.1, -0.05) is 12.1 Å². The van der Waals surface area contributed by atoms with E-state index in [0.29, 0.717) is 11.6 Å². The lowest BCUT2D eigenvalue weighted by Gasteiger charge is -2.09. The Morgan fingerprint density at radius 2 is 1.90 bits per heavy atom. The van der Waals surface area contributed by atoms with Crippen LogP contribution in [0.3, 0.4) is 0 Å². The molecular formula is C13H9F3N2O2. The molecule has 104 valence electrons. The summed E-state index contributed by atoms with van der Waals surface area (Å²) in [6.07, 6.45) is 0. The molecule has 20 heavy (non-hydrogen) atoms. The van der Waals surface area contributed by atoms with Crippen molar-refractivity contribution >= 4 is 11.4 Å². The van der Waals surface area contributed by atoms with Crippen LogP contribution in [0.1, 0.15) is 5.56 Å². The number of nitro benzene ring substituents is 1. The van der Waals surface area contributed by atoms with Crippen molar-refractivity contribution in [1.29, 1.82) is 0 Å². The fourth-order valence-corrected chi connectivity index (χ4v) is 1.70. The van der Waals surface area contributed by atoms with Gasteiger partial charge in [-0.2, -0.15) is 0 Å². The lowest BCUT2D eigenvalue weighted by atomic mass is 10.2. The highest BCUT2D eigenvalue weighted by atomic mass is 19.2. The van der Waals surface area contributed by atoms with E-state index < -0.39 is 33.7 Å². The molecule has 2 aromatic rings. The van der Waals surface area contributed by atoms with Crippen LogP contribution in [0.2, 0.25) is 0 Å². The van der Waals surface area contributed by atoms with Crippen molar-refractivity contribution in [1.82, 2.24) is 0 Å². The number of nitrogens with zero attached hydrogens (tertiary/aromatic N) is 1. The van der Waals surface area contributed by atoms with Crippen molar-refractivity contribution in [2.75, 3.05) is 5.32 Å². The van der Waals surface area contributed by atoms with E-state index in [9.17, 15) is 23.3 Å². The molecule has 0 saturated heterocycles. The van der Waals surface area contributed by atoms with Crippen molar-refractivity contribution in [2.45, 2.75) is 6.54 Å². The van der Waals surface area contributed by atoms with Gasteiger partial charge in [0.2, 0.25) is 0 Å². The van der Waals surface area contributed by atoms with Gasteiger partial charge < -0.3 is 5.32 Å². The standard InChI is InChI=1S/C13H9F3N2O2/c14-9-3-1-2-8(6-9)7-17-13-11(18(19)20)5-4-10(15)12(13)16/h1-6,17H,7H2. The van der Waals surface area contributed by atoms with E-state index in [1.807, 2.05) is 0 Å². The van der Waals surface area contributed by atoms with Crippen molar-refractivity contribution in [2.24, 2.45) is 0 Å². The zero-order valence-corrected chi connectivity index (χ0v) is 10.1.